The van der Waals surface area contributed by atoms with Crippen LogP contribution in [0.4, 0.5) is 5.00 Å². The Balaban J connectivity index is 1.37. The Kier molecular flexibility index (Phi) is 4.64. The topological polar surface area (TPSA) is 49.3 Å². The van der Waals surface area contributed by atoms with E-state index in [0.717, 1.165) is 22.9 Å². The van der Waals surface area contributed by atoms with Crippen LogP contribution in [0.2, 0.25) is 0 Å². The van der Waals surface area contributed by atoms with Crippen molar-refractivity contribution < 1.29 is 4.79 Å². The molecule has 4 heterocycles. The van der Waals surface area contributed by atoms with Gasteiger partial charge in [0.1, 0.15) is 16.1 Å². The summed E-state index contributed by atoms with van der Waals surface area (Å²) in [6.07, 6.45) is 5.02. The number of aromatic nitrogens is 2. The van der Waals surface area contributed by atoms with Gasteiger partial charge in [0.25, 0.3) is 0 Å². The monoisotopic (exact) mass is 410 g/mol. The van der Waals surface area contributed by atoms with E-state index in [-0.39, 0.29) is 11.9 Å². The molecule has 1 unspecified atom stereocenters. The van der Waals surface area contributed by atoms with Crippen molar-refractivity contribution in [3.8, 4) is 10.6 Å². The van der Waals surface area contributed by atoms with Gasteiger partial charge in [0.15, 0.2) is 0 Å². The highest BCUT2D eigenvalue weighted by Gasteiger charge is 2.41. The lowest BCUT2D eigenvalue weighted by Crippen LogP contribution is -2.46. The summed E-state index contributed by atoms with van der Waals surface area (Å²) in [5.74, 6) is 0.877. The normalized spacial score (nSPS) is 18.3. The fourth-order valence-electron chi connectivity index (χ4n) is 3.72. The maximum atomic E-state index is 13.3. The number of nitrogens with zero attached hydrogens (tertiary/aromatic N) is 4. The van der Waals surface area contributed by atoms with Crippen LogP contribution in [0, 0.1) is 5.92 Å². The van der Waals surface area contributed by atoms with Gasteiger partial charge in [-0.2, -0.15) is 11.3 Å². The molecule has 3 aromatic heterocycles. The van der Waals surface area contributed by atoms with E-state index in [1.165, 1.54) is 23.4 Å². The number of carbonyl (C=O) groups excluding carboxylic acids is 1. The number of rotatable bonds is 6. The first-order valence-electron chi connectivity index (χ1n) is 9.63. The van der Waals surface area contributed by atoms with Gasteiger partial charge in [-0.3, -0.25) is 9.78 Å². The first kappa shape index (κ1) is 17.8. The predicted molar refractivity (Wildman–Crippen MR) is 114 cm³/mol. The molecule has 144 valence electrons. The highest BCUT2D eigenvalue weighted by atomic mass is 32.1. The molecule has 0 aromatic carbocycles. The van der Waals surface area contributed by atoms with Crippen molar-refractivity contribution in [1.29, 1.82) is 0 Å². The van der Waals surface area contributed by atoms with Gasteiger partial charge in [-0.25, -0.2) is 4.98 Å². The highest BCUT2D eigenvalue weighted by molar-refractivity contribution is 7.19. The number of thiophene rings is 1. The van der Waals surface area contributed by atoms with Gasteiger partial charge in [-0.1, -0.05) is 17.4 Å². The Morgan fingerprint density at radius 2 is 2.21 bits per heavy atom. The zero-order chi connectivity index (χ0) is 19.1. The minimum absolute atomic E-state index is 0.139. The largest absolute Gasteiger partial charge is 0.349 e. The Morgan fingerprint density at radius 1 is 1.32 bits per heavy atom. The Morgan fingerprint density at radius 3 is 2.93 bits per heavy atom. The van der Waals surface area contributed by atoms with E-state index in [2.05, 4.69) is 26.7 Å². The zero-order valence-corrected chi connectivity index (χ0v) is 17.4. The van der Waals surface area contributed by atoms with Crippen LogP contribution in [0.1, 0.15) is 24.2 Å². The molecule has 1 amide bonds. The zero-order valence-electron chi connectivity index (χ0n) is 15.7. The van der Waals surface area contributed by atoms with Crippen molar-refractivity contribution in [2.24, 2.45) is 5.92 Å². The van der Waals surface area contributed by atoms with E-state index >= 15 is 0 Å². The van der Waals surface area contributed by atoms with E-state index in [1.54, 1.807) is 28.9 Å². The summed E-state index contributed by atoms with van der Waals surface area (Å²) >= 11 is 3.43. The van der Waals surface area contributed by atoms with Gasteiger partial charge in [-0.15, -0.1) is 0 Å². The summed E-state index contributed by atoms with van der Waals surface area (Å²) in [6, 6.07) is 7.80. The molecule has 2 aliphatic rings. The van der Waals surface area contributed by atoms with E-state index in [1.807, 2.05) is 30.1 Å². The Bertz CT molecular complexity index is 966. The summed E-state index contributed by atoms with van der Waals surface area (Å²) in [5.41, 5.74) is 3.18. The van der Waals surface area contributed by atoms with E-state index in [0.29, 0.717) is 18.9 Å². The highest BCUT2D eigenvalue weighted by Crippen LogP contribution is 2.44. The third kappa shape index (κ3) is 3.44. The molecule has 1 saturated carbocycles. The van der Waals surface area contributed by atoms with Crippen molar-refractivity contribution in [3.63, 3.8) is 0 Å². The fraction of sp³-hybridized carbons (Fsp3) is 0.381. The minimum atomic E-state index is -0.139. The van der Waals surface area contributed by atoms with Gasteiger partial charge in [0.2, 0.25) is 5.91 Å². The lowest BCUT2D eigenvalue weighted by Gasteiger charge is -2.29. The fourth-order valence-corrected chi connectivity index (χ4v) is 5.59. The first-order chi connectivity index (χ1) is 13.7. The van der Waals surface area contributed by atoms with Crippen molar-refractivity contribution in [2.75, 3.05) is 18.5 Å². The predicted octanol–water partition coefficient (Wildman–Crippen LogP) is 4.07. The van der Waals surface area contributed by atoms with Crippen LogP contribution < -0.4 is 4.90 Å². The molecule has 1 atom stereocenters. The minimum Gasteiger partial charge on any atom is -0.349 e. The average Bonchev–Trinajstić information content (AvgIpc) is 3.09. The van der Waals surface area contributed by atoms with Crippen LogP contribution >= 0.6 is 22.7 Å². The maximum absolute atomic E-state index is 13.3. The number of likely N-dealkylation sites (N-methyl/N-ethyl adjacent to an activating group) is 1. The number of thiazole rings is 1. The van der Waals surface area contributed by atoms with Crippen LogP contribution in [0.15, 0.2) is 41.2 Å². The molecular weight excluding hydrogens is 388 g/mol. The Hall–Kier alpha value is -2.25. The number of hydrogen-bond donors (Lipinski definition) is 0. The molecule has 7 heteroatoms. The summed E-state index contributed by atoms with van der Waals surface area (Å²) in [6.45, 7) is 1.50. The maximum Gasteiger partial charge on any atom is 0.245 e. The number of carbonyl (C=O) groups is 1. The number of anilines is 1. The average molecular weight is 411 g/mol. The third-order valence-corrected chi connectivity index (χ3v) is 7.27. The SMILES string of the molecule is CN(Cc1ccccn1)C(=O)C1Cc2nc(-c3ccsc3)sc2N1CC1CC1. The summed E-state index contributed by atoms with van der Waals surface area (Å²) < 4.78 is 0. The molecule has 28 heavy (non-hydrogen) atoms. The molecule has 5 rings (SSSR count). The van der Waals surface area contributed by atoms with Gasteiger partial charge in [0.05, 0.1) is 17.9 Å². The van der Waals surface area contributed by atoms with Gasteiger partial charge >= 0.3 is 0 Å². The van der Waals surface area contributed by atoms with Gasteiger partial charge in [0, 0.05) is 37.2 Å². The van der Waals surface area contributed by atoms with Crippen LogP contribution in [0.5, 0.6) is 0 Å². The van der Waals surface area contributed by atoms with Crippen LogP contribution in [0.3, 0.4) is 0 Å². The molecule has 0 bridgehead atoms. The van der Waals surface area contributed by atoms with E-state index in [4.69, 9.17) is 4.98 Å². The molecule has 0 N–H and O–H groups in total. The van der Waals surface area contributed by atoms with Crippen LogP contribution in [0.25, 0.3) is 10.6 Å². The smallest absolute Gasteiger partial charge is 0.245 e. The second-order valence-electron chi connectivity index (χ2n) is 7.61. The number of hydrogen-bond acceptors (Lipinski definition) is 6. The van der Waals surface area contributed by atoms with Crippen molar-refractivity contribution in [3.05, 3.63) is 52.6 Å². The lowest BCUT2D eigenvalue weighted by atomic mass is 10.1. The standard InChI is InChI=1S/C21H22N4OS2/c1-24(12-16-4-2-3-8-22-16)20(26)18-10-17-21(25(18)11-14-5-6-14)28-19(23-17)15-7-9-27-13-15/h2-4,7-9,13-14,18H,5-6,10-12H2,1H3. The molecule has 5 nitrogen and oxygen atoms in total. The molecule has 0 saturated heterocycles. The van der Waals surface area contributed by atoms with Crippen molar-refractivity contribution >= 4 is 33.6 Å². The summed E-state index contributed by atoms with van der Waals surface area (Å²) in [5, 5.41) is 6.49. The number of fused-ring (bicyclic) bond motifs is 1. The number of pyridine rings is 1. The summed E-state index contributed by atoms with van der Waals surface area (Å²) in [4.78, 5) is 26.7. The molecule has 1 aliphatic carbocycles. The Labute approximate surface area is 172 Å². The van der Waals surface area contributed by atoms with Crippen molar-refractivity contribution in [2.45, 2.75) is 31.8 Å². The first-order valence-corrected chi connectivity index (χ1v) is 11.4. The third-order valence-electron chi connectivity index (χ3n) is 5.41. The van der Waals surface area contributed by atoms with E-state index < -0.39 is 0 Å². The number of amides is 1. The molecule has 1 aliphatic heterocycles. The van der Waals surface area contributed by atoms with Crippen molar-refractivity contribution in [1.82, 2.24) is 14.9 Å². The molecule has 1 fully saturated rings. The van der Waals surface area contributed by atoms with Crippen LogP contribution in [-0.2, 0) is 17.8 Å². The second kappa shape index (κ2) is 7.29. The summed E-state index contributed by atoms with van der Waals surface area (Å²) in [7, 11) is 1.88. The van der Waals surface area contributed by atoms with E-state index in [9.17, 15) is 4.79 Å². The lowest BCUT2D eigenvalue weighted by molar-refractivity contribution is -0.131. The quantitative estimate of drug-likeness (QED) is 0.615. The molecular formula is C21H22N4OS2. The van der Waals surface area contributed by atoms with Crippen LogP contribution in [-0.4, -0.2) is 40.4 Å². The van der Waals surface area contributed by atoms with Gasteiger partial charge < -0.3 is 9.80 Å². The molecule has 3 aromatic rings. The second-order valence-corrected chi connectivity index (χ2v) is 9.37. The molecule has 0 radical (unpaired) electrons. The van der Waals surface area contributed by atoms with Gasteiger partial charge in [-0.05, 0) is 42.3 Å². The molecule has 0 spiro atoms.